The molecular weight excluding hydrogens is 256 g/mol. The van der Waals surface area contributed by atoms with Crippen molar-refractivity contribution in [2.24, 2.45) is 0 Å². The van der Waals surface area contributed by atoms with Gasteiger partial charge in [0.05, 0.1) is 0 Å². The van der Waals surface area contributed by atoms with Crippen LogP contribution in [0.2, 0.25) is 0 Å². The summed E-state index contributed by atoms with van der Waals surface area (Å²) in [5.74, 6) is 1.30. The van der Waals surface area contributed by atoms with Gasteiger partial charge in [0.15, 0.2) is 0 Å². The van der Waals surface area contributed by atoms with E-state index in [4.69, 9.17) is 5.73 Å². The van der Waals surface area contributed by atoms with E-state index in [0.717, 1.165) is 29.8 Å². The summed E-state index contributed by atoms with van der Waals surface area (Å²) in [6.07, 6.45) is 4.43. The van der Waals surface area contributed by atoms with E-state index in [9.17, 15) is 4.79 Å². The van der Waals surface area contributed by atoms with Crippen LogP contribution in [-0.4, -0.2) is 35.9 Å². The minimum atomic E-state index is 0.205. The third-order valence-corrected chi connectivity index (χ3v) is 4.02. The van der Waals surface area contributed by atoms with Crippen molar-refractivity contribution in [2.75, 3.05) is 24.8 Å². The van der Waals surface area contributed by atoms with E-state index < -0.39 is 0 Å². The van der Waals surface area contributed by atoms with Crippen molar-refractivity contribution in [2.45, 2.75) is 32.2 Å². The number of rotatable bonds is 7. The molecule has 19 heavy (non-hydrogen) atoms. The Hall–Kier alpha value is -1.16. The number of nitrogens with zero attached hydrogens (tertiary/aromatic N) is 1. The molecule has 1 aromatic rings. The fraction of sp³-hybridized carbons (Fsp3) is 0.533. The van der Waals surface area contributed by atoms with Crippen LogP contribution in [-0.2, 0) is 11.2 Å². The molecule has 0 aliphatic rings. The number of carbonyl (C=O) groups excluding carboxylic acids is 1. The second kappa shape index (κ2) is 8.10. The SMILES string of the molecule is CSCCC(C)N(C)C(=O)CCc1cccc(N)c1. The Morgan fingerprint density at radius 2 is 2.21 bits per heavy atom. The van der Waals surface area contributed by atoms with Gasteiger partial charge in [0.1, 0.15) is 0 Å². The molecule has 1 amide bonds. The number of carbonyl (C=O) groups is 1. The average Bonchev–Trinajstić information content (AvgIpc) is 2.41. The number of anilines is 1. The maximum Gasteiger partial charge on any atom is 0.222 e. The van der Waals surface area contributed by atoms with Gasteiger partial charge in [-0.3, -0.25) is 4.79 Å². The molecule has 0 aliphatic heterocycles. The first-order valence-corrected chi connectivity index (χ1v) is 8.03. The van der Waals surface area contributed by atoms with Gasteiger partial charge < -0.3 is 10.6 Å². The van der Waals surface area contributed by atoms with Crippen LogP contribution in [0.3, 0.4) is 0 Å². The van der Waals surface area contributed by atoms with Gasteiger partial charge in [0.25, 0.3) is 0 Å². The predicted molar refractivity (Wildman–Crippen MR) is 84.4 cm³/mol. The standard InChI is InChI=1S/C15H24N2OS/c1-12(9-10-19-3)17(2)15(18)8-7-13-5-4-6-14(16)11-13/h4-6,11-12H,7-10,16H2,1-3H3. The molecular formula is C15H24N2OS. The highest BCUT2D eigenvalue weighted by Crippen LogP contribution is 2.11. The van der Waals surface area contributed by atoms with Gasteiger partial charge >= 0.3 is 0 Å². The second-order valence-corrected chi connectivity index (χ2v) is 5.87. The Morgan fingerprint density at radius 3 is 2.84 bits per heavy atom. The van der Waals surface area contributed by atoms with E-state index >= 15 is 0 Å². The minimum Gasteiger partial charge on any atom is -0.399 e. The highest BCUT2D eigenvalue weighted by molar-refractivity contribution is 7.98. The molecule has 1 rings (SSSR count). The van der Waals surface area contributed by atoms with E-state index in [2.05, 4.69) is 13.2 Å². The first-order chi connectivity index (χ1) is 9.04. The lowest BCUT2D eigenvalue weighted by molar-refractivity contribution is -0.131. The van der Waals surface area contributed by atoms with Crippen molar-refractivity contribution in [3.8, 4) is 0 Å². The van der Waals surface area contributed by atoms with Crippen molar-refractivity contribution in [1.29, 1.82) is 0 Å². The number of nitrogen functional groups attached to an aromatic ring is 1. The van der Waals surface area contributed by atoms with Crippen molar-refractivity contribution < 1.29 is 4.79 Å². The average molecular weight is 280 g/mol. The van der Waals surface area contributed by atoms with Gasteiger partial charge in [-0.2, -0.15) is 11.8 Å². The first-order valence-electron chi connectivity index (χ1n) is 6.63. The Balaban J connectivity index is 2.42. The molecule has 0 bridgehead atoms. The van der Waals surface area contributed by atoms with Crippen LogP contribution >= 0.6 is 11.8 Å². The van der Waals surface area contributed by atoms with E-state index in [1.54, 1.807) is 0 Å². The van der Waals surface area contributed by atoms with Crippen LogP contribution in [0.15, 0.2) is 24.3 Å². The van der Waals surface area contributed by atoms with Gasteiger partial charge in [-0.05, 0) is 49.5 Å². The maximum absolute atomic E-state index is 12.1. The summed E-state index contributed by atoms with van der Waals surface area (Å²) in [6.45, 7) is 2.11. The zero-order valence-electron chi connectivity index (χ0n) is 12.1. The number of amides is 1. The Morgan fingerprint density at radius 1 is 1.47 bits per heavy atom. The molecule has 1 unspecified atom stereocenters. The fourth-order valence-electron chi connectivity index (χ4n) is 1.90. The molecule has 3 nitrogen and oxygen atoms in total. The van der Waals surface area contributed by atoms with E-state index in [1.807, 2.05) is 48.0 Å². The van der Waals surface area contributed by atoms with Crippen molar-refractivity contribution in [3.05, 3.63) is 29.8 Å². The highest BCUT2D eigenvalue weighted by Gasteiger charge is 2.14. The van der Waals surface area contributed by atoms with Gasteiger partial charge in [0, 0.05) is 25.2 Å². The number of hydrogen-bond donors (Lipinski definition) is 1. The molecule has 1 atom stereocenters. The largest absolute Gasteiger partial charge is 0.399 e. The van der Waals surface area contributed by atoms with E-state index in [0.29, 0.717) is 12.5 Å². The van der Waals surface area contributed by atoms with Crippen LogP contribution < -0.4 is 5.73 Å². The zero-order valence-corrected chi connectivity index (χ0v) is 12.9. The predicted octanol–water partition coefficient (Wildman–Crippen LogP) is 2.80. The summed E-state index contributed by atoms with van der Waals surface area (Å²) >= 11 is 1.82. The summed E-state index contributed by atoms with van der Waals surface area (Å²) in [7, 11) is 1.90. The fourth-order valence-corrected chi connectivity index (χ4v) is 2.48. The lowest BCUT2D eigenvalue weighted by Gasteiger charge is -2.24. The maximum atomic E-state index is 12.1. The smallest absolute Gasteiger partial charge is 0.222 e. The molecule has 0 aromatic heterocycles. The Kier molecular flexibility index (Phi) is 6.78. The minimum absolute atomic E-state index is 0.205. The Labute approximate surface area is 120 Å². The number of nitrogens with two attached hydrogens (primary N) is 1. The molecule has 0 heterocycles. The van der Waals surface area contributed by atoms with Gasteiger partial charge in [-0.15, -0.1) is 0 Å². The van der Waals surface area contributed by atoms with Crippen LogP contribution in [0.25, 0.3) is 0 Å². The highest BCUT2D eigenvalue weighted by atomic mass is 32.2. The Bertz CT molecular complexity index is 409. The van der Waals surface area contributed by atoms with Crippen molar-refractivity contribution >= 4 is 23.4 Å². The second-order valence-electron chi connectivity index (χ2n) is 4.88. The van der Waals surface area contributed by atoms with Crippen LogP contribution in [0.5, 0.6) is 0 Å². The quantitative estimate of drug-likeness (QED) is 0.781. The number of benzene rings is 1. The normalized spacial score (nSPS) is 12.2. The molecule has 2 N–H and O–H groups in total. The molecule has 4 heteroatoms. The van der Waals surface area contributed by atoms with Gasteiger partial charge in [0.2, 0.25) is 5.91 Å². The third-order valence-electron chi connectivity index (χ3n) is 3.37. The number of hydrogen-bond acceptors (Lipinski definition) is 3. The summed E-state index contributed by atoms with van der Waals surface area (Å²) in [6, 6.07) is 8.05. The monoisotopic (exact) mass is 280 g/mol. The molecule has 0 saturated carbocycles. The molecule has 0 aliphatic carbocycles. The van der Waals surface area contributed by atoms with Crippen LogP contribution in [0.1, 0.15) is 25.3 Å². The van der Waals surface area contributed by atoms with Crippen molar-refractivity contribution in [1.82, 2.24) is 4.90 Å². The van der Waals surface area contributed by atoms with Crippen LogP contribution in [0, 0.1) is 0 Å². The first kappa shape index (κ1) is 15.9. The lowest BCUT2D eigenvalue weighted by Crippen LogP contribution is -2.35. The molecule has 0 spiro atoms. The van der Waals surface area contributed by atoms with Crippen molar-refractivity contribution in [3.63, 3.8) is 0 Å². The molecule has 0 saturated heterocycles. The van der Waals surface area contributed by atoms with E-state index in [1.165, 1.54) is 0 Å². The number of aryl methyl sites for hydroxylation is 1. The van der Waals surface area contributed by atoms with Crippen LogP contribution in [0.4, 0.5) is 5.69 Å². The summed E-state index contributed by atoms with van der Waals surface area (Å²) < 4.78 is 0. The zero-order chi connectivity index (χ0) is 14.3. The van der Waals surface area contributed by atoms with Gasteiger partial charge in [-0.1, -0.05) is 12.1 Å². The summed E-state index contributed by atoms with van der Waals surface area (Å²) in [5, 5.41) is 0. The molecule has 0 radical (unpaired) electrons. The van der Waals surface area contributed by atoms with E-state index in [-0.39, 0.29) is 5.91 Å². The molecule has 106 valence electrons. The topological polar surface area (TPSA) is 46.3 Å². The molecule has 1 aromatic carbocycles. The summed E-state index contributed by atoms with van der Waals surface area (Å²) in [4.78, 5) is 14.0. The molecule has 0 fully saturated rings. The lowest BCUT2D eigenvalue weighted by atomic mass is 10.1. The third kappa shape index (κ3) is 5.55. The number of thioether (sulfide) groups is 1. The van der Waals surface area contributed by atoms with Gasteiger partial charge in [-0.25, -0.2) is 0 Å². The summed E-state index contributed by atoms with van der Waals surface area (Å²) in [5.41, 5.74) is 7.61.